The molecule has 1 atom stereocenters. The first-order valence-electron chi connectivity index (χ1n) is 8.50. The van der Waals surface area contributed by atoms with E-state index in [0.29, 0.717) is 23.4 Å². The van der Waals surface area contributed by atoms with E-state index in [4.69, 9.17) is 4.74 Å². The van der Waals surface area contributed by atoms with E-state index in [-0.39, 0.29) is 17.5 Å². The minimum atomic E-state index is -0.664. The molecule has 1 aliphatic heterocycles. The van der Waals surface area contributed by atoms with Gasteiger partial charge in [-0.2, -0.15) is 0 Å². The number of rotatable bonds is 4. The molecule has 1 aromatic carbocycles. The number of benzene rings is 1. The Kier molecular flexibility index (Phi) is 3.79. The van der Waals surface area contributed by atoms with E-state index < -0.39 is 11.9 Å². The molecule has 3 aromatic rings. The van der Waals surface area contributed by atoms with E-state index in [2.05, 4.69) is 10.2 Å². The van der Waals surface area contributed by atoms with Gasteiger partial charge < -0.3 is 14.4 Å². The number of esters is 1. The zero-order valence-electron chi connectivity index (χ0n) is 14.6. The number of methoxy groups -OCH3 is 1. The van der Waals surface area contributed by atoms with Crippen molar-refractivity contribution in [2.45, 2.75) is 32.2 Å². The number of carbonyl (C=O) groups is 1. The molecule has 1 unspecified atom stereocenters. The highest BCUT2D eigenvalue weighted by Crippen LogP contribution is 2.30. The number of aromatic amines is 2. The van der Waals surface area contributed by atoms with E-state index in [1.807, 2.05) is 24.3 Å². The SMILES string of the molecule is COC(=O)CC(c1c(C)[nH][nH]c1=O)c1cc2cccc3c2n(c1=O)CC3. The van der Waals surface area contributed by atoms with Gasteiger partial charge in [-0.05, 0) is 30.4 Å². The van der Waals surface area contributed by atoms with Crippen LogP contribution in [-0.2, 0) is 22.5 Å². The Labute approximate surface area is 148 Å². The number of ether oxygens (including phenoxy) is 1. The van der Waals surface area contributed by atoms with Crippen LogP contribution < -0.4 is 11.1 Å². The number of para-hydroxylation sites is 1. The third-order valence-corrected chi connectivity index (χ3v) is 5.16. The van der Waals surface area contributed by atoms with Crippen LogP contribution in [0.15, 0.2) is 33.9 Å². The summed E-state index contributed by atoms with van der Waals surface area (Å²) in [5.74, 6) is -1.13. The number of hydrogen-bond donors (Lipinski definition) is 2. The quantitative estimate of drug-likeness (QED) is 0.696. The monoisotopic (exact) mass is 353 g/mol. The van der Waals surface area contributed by atoms with Gasteiger partial charge in [0, 0.05) is 29.3 Å². The topological polar surface area (TPSA) is 96.9 Å². The van der Waals surface area contributed by atoms with Crippen LogP contribution in [0.4, 0.5) is 0 Å². The number of aryl methyl sites for hydroxylation is 3. The lowest BCUT2D eigenvalue weighted by Crippen LogP contribution is -2.28. The number of aromatic nitrogens is 3. The largest absolute Gasteiger partial charge is 0.469 e. The van der Waals surface area contributed by atoms with Crippen molar-refractivity contribution in [3.63, 3.8) is 0 Å². The lowest BCUT2D eigenvalue weighted by molar-refractivity contribution is -0.140. The normalized spacial score (nSPS) is 13.9. The summed E-state index contributed by atoms with van der Waals surface area (Å²) < 4.78 is 6.55. The lowest BCUT2D eigenvalue weighted by Gasteiger charge is -2.17. The minimum Gasteiger partial charge on any atom is -0.469 e. The van der Waals surface area contributed by atoms with Crippen molar-refractivity contribution >= 4 is 16.9 Å². The predicted octanol–water partition coefficient (Wildman–Crippen LogP) is 1.58. The van der Waals surface area contributed by atoms with E-state index in [1.54, 1.807) is 11.5 Å². The van der Waals surface area contributed by atoms with Crippen LogP contribution in [0.2, 0.25) is 0 Å². The molecule has 7 nitrogen and oxygen atoms in total. The van der Waals surface area contributed by atoms with Crippen molar-refractivity contribution in [3.05, 3.63) is 67.4 Å². The standard InChI is InChI=1S/C19H19N3O4/c1-10-16(18(24)21-20-10)13(9-15(23)26-2)14-8-12-5-3-4-11-6-7-22(17(11)12)19(14)25/h3-5,8,13H,6-7,9H2,1-2H3,(H2,20,21,24). The van der Waals surface area contributed by atoms with Crippen molar-refractivity contribution in [2.24, 2.45) is 0 Å². The van der Waals surface area contributed by atoms with Gasteiger partial charge in [-0.15, -0.1) is 0 Å². The Hall–Kier alpha value is -3.09. The number of nitrogens with one attached hydrogen (secondary N) is 2. The zero-order chi connectivity index (χ0) is 18.4. The molecule has 0 aliphatic carbocycles. The van der Waals surface area contributed by atoms with Gasteiger partial charge in [0.15, 0.2) is 0 Å². The van der Waals surface area contributed by atoms with E-state index >= 15 is 0 Å². The van der Waals surface area contributed by atoms with Crippen LogP contribution >= 0.6 is 0 Å². The van der Waals surface area contributed by atoms with Crippen LogP contribution in [0.3, 0.4) is 0 Å². The average Bonchev–Trinajstić information content (AvgIpc) is 3.21. The maximum Gasteiger partial charge on any atom is 0.306 e. The number of pyridine rings is 1. The molecule has 26 heavy (non-hydrogen) atoms. The smallest absolute Gasteiger partial charge is 0.306 e. The Balaban J connectivity index is 1.98. The molecule has 3 heterocycles. The molecule has 2 aromatic heterocycles. The predicted molar refractivity (Wildman–Crippen MR) is 96.5 cm³/mol. The molecular formula is C19H19N3O4. The fourth-order valence-electron chi connectivity index (χ4n) is 3.93. The van der Waals surface area contributed by atoms with Crippen LogP contribution in [-0.4, -0.2) is 27.8 Å². The van der Waals surface area contributed by atoms with Gasteiger partial charge in [0.05, 0.1) is 19.0 Å². The summed E-state index contributed by atoms with van der Waals surface area (Å²) in [7, 11) is 1.30. The van der Waals surface area contributed by atoms with E-state index in [0.717, 1.165) is 22.9 Å². The van der Waals surface area contributed by atoms with Crippen LogP contribution in [0.1, 0.15) is 34.7 Å². The average molecular weight is 353 g/mol. The minimum absolute atomic E-state index is 0.0707. The summed E-state index contributed by atoms with van der Waals surface area (Å²) >= 11 is 0. The van der Waals surface area contributed by atoms with Crippen molar-refractivity contribution < 1.29 is 9.53 Å². The Morgan fingerprint density at radius 1 is 1.31 bits per heavy atom. The molecule has 0 spiro atoms. The number of carbonyl (C=O) groups excluding carboxylic acids is 1. The molecule has 0 fully saturated rings. The van der Waals surface area contributed by atoms with Crippen molar-refractivity contribution in [1.29, 1.82) is 0 Å². The van der Waals surface area contributed by atoms with Crippen molar-refractivity contribution in [3.8, 4) is 0 Å². The first-order chi connectivity index (χ1) is 12.5. The Bertz CT molecular complexity index is 1140. The maximum atomic E-state index is 13.2. The van der Waals surface area contributed by atoms with E-state index in [9.17, 15) is 14.4 Å². The summed E-state index contributed by atoms with van der Waals surface area (Å²) in [6.45, 7) is 2.35. The summed E-state index contributed by atoms with van der Waals surface area (Å²) in [6.07, 6.45) is 0.736. The highest BCUT2D eigenvalue weighted by Gasteiger charge is 2.29. The molecule has 0 bridgehead atoms. The van der Waals surface area contributed by atoms with Gasteiger partial charge in [0.1, 0.15) is 0 Å². The summed E-state index contributed by atoms with van der Waals surface area (Å²) in [5.41, 5.74) is 3.05. The first-order valence-corrected chi connectivity index (χ1v) is 8.50. The second-order valence-corrected chi connectivity index (χ2v) is 6.61. The van der Waals surface area contributed by atoms with Gasteiger partial charge in [0.25, 0.3) is 11.1 Å². The molecule has 0 radical (unpaired) electrons. The number of H-pyrrole nitrogens is 2. The molecule has 4 rings (SSSR count). The molecule has 0 saturated carbocycles. The van der Waals surface area contributed by atoms with Crippen LogP contribution in [0.5, 0.6) is 0 Å². The van der Waals surface area contributed by atoms with Crippen molar-refractivity contribution in [2.75, 3.05) is 7.11 Å². The third-order valence-electron chi connectivity index (χ3n) is 5.16. The third kappa shape index (κ3) is 2.39. The molecule has 0 saturated heterocycles. The fraction of sp³-hybridized carbons (Fsp3) is 0.316. The van der Waals surface area contributed by atoms with Gasteiger partial charge in [0.2, 0.25) is 0 Å². The van der Waals surface area contributed by atoms with E-state index in [1.165, 1.54) is 7.11 Å². The molecule has 7 heteroatoms. The van der Waals surface area contributed by atoms with Gasteiger partial charge >= 0.3 is 5.97 Å². The second-order valence-electron chi connectivity index (χ2n) is 6.61. The molecule has 1 aliphatic rings. The molecule has 2 N–H and O–H groups in total. The van der Waals surface area contributed by atoms with Gasteiger partial charge in [-0.1, -0.05) is 18.2 Å². The summed E-state index contributed by atoms with van der Waals surface area (Å²) in [5, 5.41) is 6.25. The first kappa shape index (κ1) is 16.4. The number of nitrogens with zero attached hydrogens (tertiary/aromatic N) is 1. The zero-order valence-corrected chi connectivity index (χ0v) is 14.6. The summed E-state index contributed by atoms with van der Waals surface area (Å²) in [4.78, 5) is 37.5. The second kappa shape index (κ2) is 6.01. The molecule has 0 amide bonds. The Morgan fingerprint density at radius 2 is 2.12 bits per heavy atom. The van der Waals surface area contributed by atoms with Crippen LogP contribution in [0, 0.1) is 6.92 Å². The van der Waals surface area contributed by atoms with Crippen LogP contribution in [0.25, 0.3) is 10.9 Å². The molecule has 134 valence electrons. The fourth-order valence-corrected chi connectivity index (χ4v) is 3.93. The summed E-state index contributed by atoms with van der Waals surface area (Å²) in [6, 6.07) is 7.75. The number of hydrogen-bond acceptors (Lipinski definition) is 4. The highest BCUT2D eigenvalue weighted by molar-refractivity contribution is 5.84. The van der Waals surface area contributed by atoms with Gasteiger partial charge in [-0.25, -0.2) is 0 Å². The highest BCUT2D eigenvalue weighted by atomic mass is 16.5. The Morgan fingerprint density at radius 3 is 2.81 bits per heavy atom. The van der Waals surface area contributed by atoms with Gasteiger partial charge in [-0.3, -0.25) is 19.5 Å². The van der Waals surface area contributed by atoms with Crippen molar-refractivity contribution in [1.82, 2.24) is 14.8 Å². The lowest BCUT2D eigenvalue weighted by atomic mass is 9.88. The molecular weight excluding hydrogens is 334 g/mol. The maximum absolute atomic E-state index is 13.2.